The highest BCUT2D eigenvalue weighted by atomic mass is 16.6. The zero-order valence-electron chi connectivity index (χ0n) is 10.3. The predicted molar refractivity (Wildman–Crippen MR) is 65.7 cm³/mol. The lowest BCUT2D eigenvalue weighted by molar-refractivity contribution is -0.133. The molecule has 90 valence electrons. The number of benzene rings is 1. The highest BCUT2D eigenvalue weighted by Crippen LogP contribution is 2.24. The van der Waals surface area contributed by atoms with E-state index in [1.54, 1.807) is 19.0 Å². The van der Waals surface area contributed by atoms with Gasteiger partial charge in [0.2, 0.25) is 5.91 Å². The summed E-state index contributed by atoms with van der Waals surface area (Å²) in [4.78, 5) is 18.9. The molecule has 4 nitrogen and oxygen atoms in total. The first kappa shape index (κ1) is 11.6. The summed E-state index contributed by atoms with van der Waals surface area (Å²) in [5.74, 6) is -0.287. The fourth-order valence-corrected chi connectivity index (χ4v) is 1.92. The molecule has 1 heterocycles. The summed E-state index contributed by atoms with van der Waals surface area (Å²) in [5.41, 5.74) is 1.66. The van der Waals surface area contributed by atoms with Crippen molar-refractivity contribution < 1.29 is 9.63 Å². The van der Waals surface area contributed by atoms with Crippen LogP contribution in [0.4, 0.5) is 0 Å². The molecule has 0 aliphatic carbocycles. The molecule has 0 saturated carbocycles. The van der Waals surface area contributed by atoms with Crippen molar-refractivity contribution in [2.24, 2.45) is 11.1 Å². The van der Waals surface area contributed by atoms with Gasteiger partial charge in [-0.3, -0.25) is 4.79 Å². The van der Waals surface area contributed by atoms with Crippen LogP contribution in [0.15, 0.2) is 35.5 Å². The first-order valence-corrected chi connectivity index (χ1v) is 5.61. The van der Waals surface area contributed by atoms with Crippen LogP contribution in [0, 0.1) is 5.92 Å². The Morgan fingerprint density at radius 2 is 1.94 bits per heavy atom. The predicted octanol–water partition coefficient (Wildman–Crippen LogP) is 1.51. The second-order valence-electron chi connectivity index (χ2n) is 4.36. The molecule has 1 amide bonds. The van der Waals surface area contributed by atoms with Crippen molar-refractivity contribution in [1.82, 2.24) is 4.90 Å². The number of amides is 1. The molecular formula is C13H16N2O2. The molecule has 0 unspecified atom stereocenters. The molecule has 0 bridgehead atoms. The first-order valence-electron chi connectivity index (χ1n) is 5.61. The molecule has 1 aliphatic rings. The Kier molecular flexibility index (Phi) is 3.13. The quantitative estimate of drug-likeness (QED) is 0.775. The minimum atomic E-state index is -0.313. The minimum absolute atomic E-state index is 0.0256. The van der Waals surface area contributed by atoms with Gasteiger partial charge in [0.15, 0.2) is 0 Å². The molecule has 0 saturated heterocycles. The van der Waals surface area contributed by atoms with Crippen molar-refractivity contribution in [2.75, 3.05) is 14.1 Å². The number of hydrogen-bond acceptors (Lipinski definition) is 3. The standard InChI is InChI=1S/C13H16N2O2/c1-9-11(13(16)15(2)3)12(14-17-9)10-7-5-4-6-8-10/h4-9,11H,1-3H3/t9-,11-/m0/s1. The summed E-state index contributed by atoms with van der Waals surface area (Å²) in [6, 6.07) is 9.68. The zero-order chi connectivity index (χ0) is 12.4. The van der Waals surface area contributed by atoms with Gasteiger partial charge in [0.05, 0.1) is 0 Å². The Morgan fingerprint density at radius 3 is 2.53 bits per heavy atom. The lowest BCUT2D eigenvalue weighted by Crippen LogP contribution is -2.38. The summed E-state index contributed by atoms with van der Waals surface area (Å²) in [6.45, 7) is 1.87. The highest BCUT2D eigenvalue weighted by molar-refractivity contribution is 6.13. The Balaban J connectivity index is 2.31. The van der Waals surface area contributed by atoms with E-state index in [1.165, 1.54) is 0 Å². The van der Waals surface area contributed by atoms with Crippen LogP contribution in [0.25, 0.3) is 0 Å². The first-order chi connectivity index (χ1) is 8.11. The molecule has 1 aromatic rings. The topological polar surface area (TPSA) is 41.9 Å². The average Bonchev–Trinajstić information content (AvgIpc) is 2.71. The molecule has 0 spiro atoms. The number of carbonyl (C=O) groups is 1. The van der Waals surface area contributed by atoms with Crippen LogP contribution in [-0.2, 0) is 9.63 Å². The second-order valence-corrected chi connectivity index (χ2v) is 4.36. The zero-order valence-corrected chi connectivity index (χ0v) is 10.3. The van der Waals surface area contributed by atoms with Gasteiger partial charge in [-0.15, -0.1) is 0 Å². The van der Waals surface area contributed by atoms with Gasteiger partial charge in [-0.2, -0.15) is 0 Å². The van der Waals surface area contributed by atoms with Gasteiger partial charge in [-0.1, -0.05) is 35.5 Å². The van der Waals surface area contributed by atoms with E-state index in [0.29, 0.717) is 0 Å². The van der Waals surface area contributed by atoms with E-state index in [0.717, 1.165) is 11.3 Å². The van der Waals surface area contributed by atoms with Gasteiger partial charge in [0.25, 0.3) is 0 Å². The third kappa shape index (κ3) is 2.16. The molecule has 1 aliphatic heterocycles. The van der Waals surface area contributed by atoms with Crippen LogP contribution >= 0.6 is 0 Å². The molecule has 2 rings (SSSR count). The maximum absolute atomic E-state index is 12.1. The molecule has 0 aromatic heterocycles. The molecule has 0 N–H and O–H groups in total. The number of carbonyl (C=O) groups excluding carboxylic acids is 1. The molecule has 17 heavy (non-hydrogen) atoms. The Morgan fingerprint density at radius 1 is 1.29 bits per heavy atom. The smallest absolute Gasteiger partial charge is 0.235 e. The molecule has 1 aromatic carbocycles. The van der Waals surface area contributed by atoms with E-state index in [4.69, 9.17) is 4.84 Å². The summed E-state index contributed by atoms with van der Waals surface area (Å²) in [7, 11) is 3.49. The Hall–Kier alpha value is -1.84. The van der Waals surface area contributed by atoms with Crippen LogP contribution in [0.2, 0.25) is 0 Å². The van der Waals surface area contributed by atoms with Gasteiger partial charge in [-0.05, 0) is 6.92 Å². The number of oxime groups is 1. The number of hydrogen-bond donors (Lipinski definition) is 0. The van der Waals surface area contributed by atoms with Gasteiger partial charge in [0.1, 0.15) is 17.7 Å². The lowest BCUT2D eigenvalue weighted by Gasteiger charge is -2.19. The van der Waals surface area contributed by atoms with Crippen molar-refractivity contribution in [1.29, 1.82) is 0 Å². The molecule has 0 radical (unpaired) electrons. The second kappa shape index (κ2) is 4.57. The fraction of sp³-hybridized carbons (Fsp3) is 0.385. The van der Waals surface area contributed by atoms with E-state index in [9.17, 15) is 4.79 Å². The summed E-state index contributed by atoms with van der Waals surface area (Å²) < 4.78 is 0. The largest absolute Gasteiger partial charge is 0.391 e. The van der Waals surface area contributed by atoms with Crippen molar-refractivity contribution in [2.45, 2.75) is 13.0 Å². The van der Waals surface area contributed by atoms with Gasteiger partial charge >= 0.3 is 0 Å². The minimum Gasteiger partial charge on any atom is -0.391 e. The third-order valence-corrected chi connectivity index (χ3v) is 2.86. The molecule has 0 fully saturated rings. The normalized spacial score (nSPS) is 22.9. The number of rotatable bonds is 2. The number of nitrogens with zero attached hydrogens (tertiary/aromatic N) is 2. The van der Waals surface area contributed by atoms with E-state index < -0.39 is 0 Å². The fourth-order valence-electron chi connectivity index (χ4n) is 1.92. The molecular weight excluding hydrogens is 216 g/mol. The Labute approximate surface area is 101 Å². The van der Waals surface area contributed by atoms with Crippen molar-refractivity contribution in [3.8, 4) is 0 Å². The summed E-state index contributed by atoms with van der Waals surface area (Å²) in [6.07, 6.45) is -0.208. The van der Waals surface area contributed by atoms with Crippen LogP contribution in [0.3, 0.4) is 0 Å². The van der Waals surface area contributed by atoms with Gasteiger partial charge in [-0.25, -0.2) is 0 Å². The highest BCUT2D eigenvalue weighted by Gasteiger charge is 2.38. The summed E-state index contributed by atoms with van der Waals surface area (Å²) in [5, 5.41) is 4.04. The van der Waals surface area contributed by atoms with E-state index in [1.807, 2.05) is 37.3 Å². The van der Waals surface area contributed by atoms with Crippen molar-refractivity contribution >= 4 is 11.6 Å². The average molecular weight is 232 g/mol. The molecule has 4 heteroatoms. The lowest BCUT2D eigenvalue weighted by atomic mass is 9.92. The SMILES string of the molecule is C[C@@H]1ON=C(c2ccccc2)[C@H]1C(=O)N(C)C. The van der Waals surface area contributed by atoms with E-state index in [-0.39, 0.29) is 17.9 Å². The maximum atomic E-state index is 12.1. The monoisotopic (exact) mass is 232 g/mol. The molecule has 2 atom stereocenters. The maximum Gasteiger partial charge on any atom is 0.235 e. The van der Waals surface area contributed by atoms with Crippen molar-refractivity contribution in [3.05, 3.63) is 35.9 Å². The van der Waals surface area contributed by atoms with E-state index >= 15 is 0 Å². The van der Waals surface area contributed by atoms with Gasteiger partial charge in [0, 0.05) is 19.7 Å². The third-order valence-electron chi connectivity index (χ3n) is 2.86. The van der Waals surface area contributed by atoms with Crippen molar-refractivity contribution in [3.63, 3.8) is 0 Å². The van der Waals surface area contributed by atoms with Crippen LogP contribution in [-0.4, -0.2) is 36.7 Å². The Bertz CT molecular complexity index is 440. The van der Waals surface area contributed by atoms with E-state index in [2.05, 4.69) is 5.16 Å². The van der Waals surface area contributed by atoms with Gasteiger partial charge < -0.3 is 9.74 Å². The van der Waals surface area contributed by atoms with Crippen LogP contribution < -0.4 is 0 Å². The van der Waals surface area contributed by atoms with Crippen LogP contribution in [0.1, 0.15) is 12.5 Å². The van der Waals surface area contributed by atoms with Crippen LogP contribution in [0.5, 0.6) is 0 Å². The summed E-state index contributed by atoms with van der Waals surface area (Å²) >= 11 is 0.